The molecule has 1 aliphatic heterocycles. The molecular weight excluding hydrogens is 190 g/mol. The van der Waals surface area contributed by atoms with Gasteiger partial charge in [0, 0.05) is 23.2 Å². The van der Waals surface area contributed by atoms with Gasteiger partial charge in [0.05, 0.1) is 19.8 Å². The van der Waals surface area contributed by atoms with Gasteiger partial charge >= 0.3 is 0 Å². The van der Waals surface area contributed by atoms with Crippen LogP contribution in [0, 0.1) is 5.92 Å². The van der Waals surface area contributed by atoms with E-state index >= 15 is 0 Å². The predicted octanol–water partition coefficient (Wildman–Crippen LogP) is 1.37. The van der Waals surface area contributed by atoms with E-state index in [1.54, 1.807) is 6.20 Å². The molecule has 0 aliphatic carbocycles. The van der Waals surface area contributed by atoms with Crippen molar-refractivity contribution in [3.05, 3.63) is 30.1 Å². The van der Waals surface area contributed by atoms with Gasteiger partial charge in [0.25, 0.3) is 0 Å². The molecule has 2 rings (SSSR count). The van der Waals surface area contributed by atoms with Crippen LogP contribution < -0.4 is 0 Å². The maximum atomic E-state index is 9.53. The van der Waals surface area contributed by atoms with Gasteiger partial charge in [0.1, 0.15) is 0 Å². The number of ether oxygens (including phenoxy) is 1. The number of pyridine rings is 1. The van der Waals surface area contributed by atoms with Gasteiger partial charge in [-0.2, -0.15) is 0 Å². The number of hydrogen-bond donors (Lipinski definition) is 1. The summed E-state index contributed by atoms with van der Waals surface area (Å²) < 4.78 is 5.16. The number of nitrogens with zero attached hydrogens (tertiary/aromatic N) is 1. The quantitative estimate of drug-likeness (QED) is 0.810. The van der Waals surface area contributed by atoms with E-state index in [0.29, 0.717) is 5.92 Å². The molecule has 0 radical (unpaired) electrons. The molecule has 0 spiro atoms. The van der Waals surface area contributed by atoms with Crippen molar-refractivity contribution in [1.82, 2.24) is 4.98 Å². The average molecular weight is 207 g/mol. The summed E-state index contributed by atoms with van der Waals surface area (Å²) in [5.41, 5.74) is 0.745. The van der Waals surface area contributed by atoms with E-state index in [4.69, 9.17) is 4.74 Å². The molecular formula is C12H17NO2. The van der Waals surface area contributed by atoms with Crippen LogP contribution in [0.25, 0.3) is 0 Å². The lowest BCUT2D eigenvalue weighted by atomic mass is 9.78. The second kappa shape index (κ2) is 4.29. The molecule has 1 aromatic heterocycles. The number of aliphatic hydroxyl groups is 1. The van der Waals surface area contributed by atoms with Gasteiger partial charge in [-0.3, -0.25) is 4.98 Å². The molecule has 1 saturated heterocycles. The van der Waals surface area contributed by atoms with Crippen molar-refractivity contribution < 1.29 is 9.84 Å². The molecule has 1 aliphatic rings. The minimum atomic E-state index is -0.226. The van der Waals surface area contributed by atoms with Gasteiger partial charge < -0.3 is 9.84 Å². The highest BCUT2D eigenvalue weighted by atomic mass is 16.5. The molecule has 1 aromatic rings. The Bertz CT molecular complexity index is 311. The number of rotatable bonds is 4. The topological polar surface area (TPSA) is 42.4 Å². The maximum Gasteiger partial charge on any atom is 0.0540 e. The molecule has 1 fully saturated rings. The normalized spacial score (nSPS) is 20.7. The van der Waals surface area contributed by atoms with Crippen LogP contribution in [-0.4, -0.2) is 29.9 Å². The molecule has 0 bridgehead atoms. The molecule has 82 valence electrons. The summed E-state index contributed by atoms with van der Waals surface area (Å²) in [5, 5.41) is 9.53. The largest absolute Gasteiger partial charge is 0.395 e. The van der Waals surface area contributed by atoms with Crippen LogP contribution in [0.2, 0.25) is 0 Å². The van der Waals surface area contributed by atoms with Crippen LogP contribution in [0.5, 0.6) is 0 Å². The maximum absolute atomic E-state index is 9.53. The van der Waals surface area contributed by atoms with E-state index in [0.717, 1.165) is 25.3 Å². The first-order chi connectivity index (χ1) is 7.24. The fourth-order valence-corrected chi connectivity index (χ4v) is 2.01. The van der Waals surface area contributed by atoms with Crippen molar-refractivity contribution >= 4 is 0 Å². The first-order valence-electron chi connectivity index (χ1n) is 5.35. The minimum Gasteiger partial charge on any atom is -0.395 e. The van der Waals surface area contributed by atoms with Gasteiger partial charge in [0.2, 0.25) is 0 Å². The van der Waals surface area contributed by atoms with Gasteiger partial charge in [-0.25, -0.2) is 0 Å². The van der Waals surface area contributed by atoms with Gasteiger partial charge in [-0.1, -0.05) is 13.0 Å². The van der Waals surface area contributed by atoms with E-state index in [1.165, 1.54) is 0 Å². The highest BCUT2D eigenvalue weighted by molar-refractivity contribution is 5.16. The van der Waals surface area contributed by atoms with Crippen LogP contribution in [0.3, 0.4) is 0 Å². The van der Waals surface area contributed by atoms with Crippen LogP contribution >= 0.6 is 0 Å². The summed E-state index contributed by atoms with van der Waals surface area (Å²) >= 11 is 0. The van der Waals surface area contributed by atoms with E-state index < -0.39 is 0 Å². The lowest BCUT2D eigenvalue weighted by Gasteiger charge is -2.35. The van der Waals surface area contributed by atoms with Gasteiger partial charge in [0.15, 0.2) is 0 Å². The summed E-state index contributed by atoms with van der Waals surface area (Å²) in [6.45, 7) is 3.85. The Balaban J connectivity index is 2.12. The van der Waals surface area contributed by atoms with Gasteiger partial charge in [-0.15, -0.1) is 0 Å². The summed E-state index contributed by atoms with van der Waals surface area (Å²) in [5.74, 6) is 0.573. The Labute approximate surface area is 90.1 Å². The molecule has 0 amide bonds. The van der Waals surface area contributed by atoms with Crippen molar-refractivity contribution in [2.24, 2.45) is 5.92 Å². The van der Waals surface area contributed by atoms with Crippen molar-refractivity contribution in [3.63, 3.8) is 0 Å². The number of hydrogen-bond acceptors (Lipinski definition) is 3. The van der Waals surface area contributed by atoms with Crippen LogP contribution in [0.15, 0.2) is 24.4 Å². The second-order valence-electron chi connectivity index (χ2n) is 4.54. The third kappa shape index (κ3) is 2.19. The van der Waals surface area contributed by atoms with E-state index in [2.05, 4.69) is 11.9 Å². The van der Waals surface area contributed by atoms with Crippen LogP contribution in [0.4, 0.5) is 0 Å². The first-order valence-corrected chi connectivity index (χ1v) is 5.35. The molecule has 2 heterocycles. The monoisotopic (exact) mass is 207 g/mol. The standard InChI is InChI=1S/C12H17NO2/c1-12(9-14,6-10-7-15-8-10)11-4-2-3-5-13-11/h2-5,10,14H,6-9H2,1H3. The van der Waals surface area contributed by atoms with E-state index in [1.807, 2.05) is 18.2 Å². The Kier molecular flexibility index (Phi) is 3.03. The number of aromatic nitrogens is 1. The van der Waals surface area contributed by atoms with Crippen molar-refractivity contribution in [3.8, 4) is 0 Å². The Morgan fingerprint density at radius 3 is 2.80 bits per heavy atom. The highest BCUT2D eigenvalue weighted by Crippen LogP contribution is 2.31. The van der Waals surface area contributed by atoms with E-state index in [-0.39, 0.29) is 12.0 Å². The molecule has 3 heteroatoms. The van der Waals surface area contributed by atoms with Crippen molar-refractivity contribution in [2.75, 3.05) is 19.8 Å². The average Bonchev–Trinajstić information content (AvgIpc) is 2.24. The summed E-state index contributed by atoms with van der Waals surface area (Å²) in [7, 11) is 0. The molecule has 0 saturated carbocycles. The molecule has 15 heavy (non-hydrogen) atoms. The van der Waals surface area contributed by atoms with Crippen LogP contribution in [-0.2, 0) is 10.2 Å². The minimum absolute atomic E-state index is 0.139. The van der Waals surface area contributed by atoms with Crippen molar-refractivity contribution in [2.45, 2.75) is 18.8 Å². The van der Waals surface area contributed by atoms with Crippen LogP contribution in [0.1, 0.15) is 19.0 Å². The molecule has 1 N–H and O–H groups in total. The van der Waals surface area contributed by atoms with E-state index in [9.17, 15) is 5.11 Å². The third-order valence-electron chi connectivity index (χ3n) is 3.08. The molecule has 3 nitrogen and oxygen atoms in total. The summed E-state index contributed by atoms with van der Waals surface area (Å²) in [6, 6.07) is 5.84. The molecule has 1 unspecified atom stereocenters. The lowest BCUT2D eigenvalue weighted by Crippen LogP contribution is -2.38. The Morgan fingerprint density at radius 1 is 1.53 bits per heavy atom. The summed E-state index contributed by atoms with van der Waals surface area (Å²) in [4.78, 5) is 4.33. The fraction of sp³-hybridized carbons (Fsp3) is 0.583. The lowest BCUT2D eigenvalue weighted by molar-refractivity contribution is -0.0488. The zero-order chi connectivity index (χ0) is 10.7. The van der Waals surface area contributed by atoms with Gasteiger partial charge in [-0.05, 0) is 18.6 Å². The molecule has 1 atom stereocenters. The Morgan fingerprint density at radius 2 is 2.33 bits per heavy atom. The number of aliphatic hydroxyl groups excluding tert-OH is 1. The first kappa shape index (κ1) is 10.6. The summed E-state index contributed by atoms with van der Waals surface area (Å²) in [6.07, 6.45) is 2.72. The van der Waals surface area contributed by atoms with Crippen molar-refractivity contribution in [1.29, 1.82) is 0 Å². The zero-order valence-corrected chi connectivity index (χ0v) is 9.02. The smallest absolute Gasteiger partial charge is 0.0540 e. The molecule has 0 aromatic carbocycles. The SMILES string of the molecule is CC(CO)(CC1COC1)c1ccccn1. The predicted molar refractivity (Wildman–Crippen MR) is 57.6 cm³/mol. The third-order valence-corrected chi connectivity index (χ3v) is 3.08. The Hall–Kier alpha value is -0.930. The highest BCUT2D eigenvalue weighted by Gasteiger charge is 2.33. The second-order valence-corrected chi connectivity index (χ2v) is 4.54. The zero-order valence-electron chi connectivity index (χ0n) is 9.02. The fourth-order valence-electron chi connectivity index (χ4n) is 2.01.